The molecule has 2 amide bonds. The highest BCUT2D eigenvalue weighted by atomic mass is 16.5. The summed E-state index contributed by atoms with van der Waals surface area (Å²) < 4.78 is 7.08. The van der Waals surface area contributed by atoms with Gasteiger partial charge in [0, 0.05) is 23.4 Å². The number of anilines is 1. The van der Waals surface area contributed by atoms with E-state index in [1.165, 1.54) is 0 Å². The lowest BCUT2D eigenvalue weighted by Crippen LogP contribution is -2.64. The van der Waals surface area contributed by atoms with E-state index in [1.807, 2.05) is 85.8 Å². The van der Waals surface area contributed by atoms with Gasteiger partial charge in [0.15, 0.2) is 0 Å². The number of rotatable bonds is 6. The van der Waals surface area contributed by atoms with Gasteiger partial charge in [0.25, 0.3) is 5.91 Å². The summed E-state index contributed by atoms with van der Waals surface area (Å²) >= 11 is 0. The van der Waals surface area contributed by atoms with E-state index < -0.39 is 5.54 Å². The molecular weight excluding hydrogens is 452 g/mol. The highest BCUT2D eigenvalue weighted by molar-refractivity contribution is 6.12. The van der Waals surface area contributed by atoms with Crippen LogP contribution in [0.25, 0.3) is 11.3 Å². The van der Waals surface area contributed by atoms with Crippen molar-refractivity contribution in [1.29, 1.82) is 0 Å². The minimum atomic E-state index is -1.21. The maximum absolute atomic E-state index is 13.9. The van der Waals surface area contributed by atoms with Crippen LogP contribution in [0.1, 0.15) is 28.5 Å². The molecule has 2 heterocycles. The van der Waals surface area contributed by atoms with Gasteiger partial charge >= 0.3 is 0 Å². The number of nitrogens with zero attached hydrogens (tertiary/aromatic N) is 3. The number of aromatic nitrogens is 2. The number of aryl methyl sites for hydroxylation is 1. The van der Waals surface area contributed by atoms with E-state index in [0.29, 0.717) is 22.8 Å². The van der Waals surface area contributed by atoms with Crippen molar-refractivity contribution in [2.75, 3.05) is 12.0 Å². The average Bonchev–Trinajstić information content (AvgIpc) is 3.33. The van der Waals surface area contributed by atoms with Crippen molar-refractivity contribution in [3.63, 3.8) is 0 Å². The van der Waals surface area contributed by atoms with Crippen LogP contribution in [0, 0.1) is 6.92 Å². The number of carbonyl (C=O) groups is 2. The molecule has 5 rings (SSSR count). The maximum atomic E-state index is 13.9. The summed E-state index contributed by atoms with van der Waals surface area (Å²) in [4.78, 5) is 29.3. The molecule has 1 unspecified atom stereocenters. The Labute approximate surface area is 210 Å². The van der Waals surface area contributed by atoms with E-state index in [-0.39, 0.29) is 24.9 Å². The van der Waals surface area contributed by atoms with Gasteiger partial charge in [0.2, 0.25) is 5.91 Å². The number of nitrogens with one attached hydrogen (secondary N) is 1. The Hall–Kier alpha value is -4.39. The Balaban J connectivity index is 1.53. The Bertz CT molecular complexity index is 1410. The first-order valence-electron chi connectivity index (χ1n) is 11.9. The number of para-hydroxylation sites is 1. The molecule has 182 valence electrons. The first kappa shape index (κ1) is 23.4. The lowest BCUT2D eigenvalue weighted by molar-refractivity contribution is -0.126. The van der Waals surface area contributed by atoms with Gasteiger partial charge in [-0.3, -0.25) is 19.2 Å². The SMILES string of the molecule is COc1ccccc1CNC(=O)C1(C)Cn2nc(-c3ccccc3)cc2C(=O)N1c1ccc(C)cc1. The third kappa shape index (κ3) is 4.13. The molecule has 36 heavy (non-hydrogen) atoms. The van der Waals surface area contributed by atoms with Gasteiger partial charge in [0.05, 0.1) is 19.3 Å². The monoisotopic (exact) mass is 480 g/mol. The molecule has 0 aliphatic carbocycles. The van der Waals surface area contributed by atoms with E-state index in [1.54, 1.807) is 29.7 Å². The van der Waals surface area contributed by atoms with E-state index >= 15 is 0 Å². The highest BCUT2D eigenvalue weighted by Gasteiger charge is 2.48. The fraction of sp³-hybridized carbons (Fsp3) is 0.207. The van der Waals surface area contributed by atoms with E-state index in [2.05, 4.69) is 5.32 Å². The van der Waals surface area contributed by atoms with Gasteiger partial charge in [-0.1, -0.05) is 66.2 Å². The molecule has 0 radical (unpaired) electrons. The van der Waals surface area contributed by atoms with Crippen LogP contribution in [-0.4, -0.2) is 34.2 Å². The van der Waals surface area contributed by atoms with Gasteiger partial charge < -0.3 is 10.1 Å². The smallest absolute Gasteiger partial charge is 0.277 e. The topological polar surface area (TPSA) is 76.5 Å². The minimum absolute atomic E-state index is 0.215. The molecule has 4 aromatic rings. The summed E-state index contributed by atoms with van der Waals surface area (Å²) in [5, 5.41) is 7.74. The number of ether oxygens (including phenoxy) is 1. The van der Waals surface area contributed by atoms with E-state index in [9.17, 15) is 9.59 Å². The average molecular weight is 481 g/mol. The van der Waals surface area contributed by atoms with Crippen molar-refractivity contribution in [2.45, 2.75) is 32.5 Å². The molecule has 0 bridgehead atoms. The second-order valence-electron chi connectivity index (χ2n) is 9.18. The molecule has 7 nitrogen and oxygen atoms in total. The van der Waals surface area contributed by atoms with Crippen LogP contribution >= 0.6 is 0 Å². The second kappa shape index (κ2) is 9.34. The number of amides is 2. The molecule has 0 saturated heterocycles. The first-order chi connectivity index (χ1) is 17.4. The van der Waals surface area contributed by atoms with Gasteiger partial charge in [-0.15, -0.1) is 0 Å². The predicted molar refractivity (Wildman–Crippen MR) is 139 cm³/mol. The van der Waals surface area contributed by atoms with Crippen LogP contribution in [0.2, 0.25) is 0 Å². The highest BCUT2D eigenvalue weighted by Crippen LogP contribution is 2.34. The summed E-state index contributed by atoms with van der Waals surface area (Å²) in [7, 11) is 1.60. The Morgan fingerprint density at radius 2 is 1.72 bits per heavy atom. The van der Waals surface area contributed by atoms with Crippen molar-refractivity contribution >= 4 is 17.5 Å². The summed E-state index contributed by atoms with van der Waals surface area (Å²) in [6, 6.07) is 26.7. The van der Waals surface area contributed by atoms with Crippen LogP contribution < -0.4 is 15.0 Å². The van der Waals surface area contributed by atoms with Gasteiger partial charge in [-0.25, -0.2) is 0 Å². The molecule has 1 aromatic heterocycles. The molecular formula is C29H28N4O3. The molecule has 1 atom stereocenters. The molecule has 0 spiro atoms. The van der Waals surface area contributed by atoms with Crippen LogP contribution in [0.5, 0.6) is 5.75 Å². The van der Waals surface area contributed by atoms with Crippen LogP contribution in [-0.2, 0) is 17.9 Å². The predicted octanol–water partition coefficient (Wildman–Crippen LogP) is 4.60. The maximum Gasteiger partial charge on any atom is 0.277 e. The van der Waals surface area contributed by atoms with E-state index in [0.717, 1.165) is 16.7 Å². The summed E-state index contributed by atoms with van der Waals surface area (Å²) in [6.45, 7) is 4.26. The third-order valence-electron chi connectivity index (χ3n) is 6.64. The molecule has 1 aliphatic heterocycles. The van der Waals surface area contributed by atoms with Crippen LogP contribution in [0.4, 0.5) is 5.69 Å². The minimum Gasteiger partial charge on any atom is -0.496 e. The fourth-order valence-electron chi connectivity index (χ4n) is 4.64. The van der Waals surface area contributed by atoms with Crippen LogP contribution in [0.3, 0.4) is 0 Å². The van der Waals surface area contributed by atoms with Crippen molar-refractivity contribution in [3.05, 3.63) is 102 Å². The Kier molecular flexibility index (Phi) is 6.06. The second-order valence-corrected chi connectivity index (χ2v) is 9.18. The lowest BCUT2D eigenvalue weighted by Gasteiger charge is -2.43. The standard InChI is InChI=1S/C29H28N4O3/c1-20-13-15-23(16-14-20)33-27(34)25-17-24(21-9-5-4-6-10-21)31-32(25)19-29(33,2)28(35)30-18-22-11-7-8-12-26(22)36-3/h4-17H,18-19H2,1-3H3,(H,30,35). The molecule has 0 fully saturated rings. The molecule has 0 saturated carbocycles. The van der Waals surface area contributed by atoms with Gasteiger partial charge in [-0.05, 0) is 38.1 Å². The molecule has 3 aromatic carbocycles. The van der Waals surface area contributed by atoms with Crippen molar-refractivity contribution < 1.29 is 14.3 Å². The largest absolute Gasteiger partial charge is 0.496 e. The first-order valence-corrected chi connectivity index (χ1v) is 11.9. The molecule has 7 heteroatoms. The third-order valence-corrected chi connectivity index (χ3v) is 6.64. The summed E-state index contributed by atoms with van der Waals surface area (Å²) in [5.74, 6) is 0.152. The van der Waals surface area contributed by atoms with E-state index in [4.69, 9.17) is 9.84 Å². The Morgan fingerprint density at radius 3 is 2.44 bits per heavy atom. The lowest BCUT2D eigenvalue weighted by atomic mass is 9.93. The Morgan fingerprint density at radius 1 is 1.03 bits per heavy atom. The quantitative estimate of drug-likeness (QED) is 0.438. The zero-order valence-corrected chi connectivity index (χ0v) is 20.6. The number of benzene rings is 3. The zero-order valence-electron chi connectivity index (χ0n) is 20.6. The number of carbonyl (C=O) groups excluding carboxylic acids is 2. The van der Waals surface area contributed by atoms with Crippen LogP contribution in [0.15, 0.2) is 84.9 Å². The summed E-state index contributed by atoms with van der Waals surface area (Å²) in [6.07, 6.45) is 0. The van der Waals surface area contributed by atoms with Crippen molar-refractivity contribution in [3.8, 4) is 17.0 Å². The summed E-state index contributed by atoms with van der Waals surface area (Å²) in [5.41, 5.74) is 3.44. The van der Waals surface area contributed by atoms with Gasteiger partial charge in [-0.2, -0.15) is 5.10 Å². The normalized spacial score (nSPS) is 17.0. The fourth-order valence-corrected chi connectivity index (χ4v) is 4.64. The molecule has 1 N–H and O–H groups in total. The van der Waals surface area contributed by atoms with Gasteiger partial charge in [0.1, 0.15) is 17.0 Å². The van der Waals surface area contributed by atoms with Crippen molar-refractivity contribution in [2.24, 2.45) is 0 Å². The number of hydrogen-bond donors (Lipinski definition) is 1. The number of fused-ring (bicyclic) bond motifs is 1. The molecule has 1 aliphatic rings. The number of hydrogen-bond acceptors (Lipinski definition) is 4. The number of methoxy groups -OCH3 is 1. The van der Waals surface area contributed by atoms with Crippen molar-refractivity contribution in [1.82, 2.24) is 15.1 Å². The zero-order chi connectivity index (χ0) is 25.3.